The number of carbonyl (C=O) groups excluding carboxylic acids is 1. The number of nitrogens with one attached hydrogen (secondary N) is 1. The van der Waals surface area contributed by atoms with Crippen LogP contribution in [0.15, 0.2) is 49.1 Å². The van der Waals surface area contributed by atoms with Crippen molar-refractivity contribution in [3.05, 3.63) is 65.2 Å². The average Bonchev–Trinajstić information content (AvgIpc) is 3.05. The number of amides is 1. The number of anilines is 1. The lowest BCUT2D eigenvalue weighted by Gasteiger charge is -2.10. The maximum absolute atomic E-state index is 12.4. The van der Waals surface area contributed by atoms with Gasteiger partial charge in [0, 0.05) is 5.69 Å². The first-order valence-corrected chi connectivity index (χ1v) is 7.18. The Labute approximate surface area is 137 Å². The fourth-order valence-corrected chi connectivity index (χ4v) is 2.32. The van der Waals surface area contributed by atoms with Crippen LogP contribution in [-0.2, 0) is 0 Å². The lowest BCUT2D eigenvalue weighted by molar-refractivity contribution is 0.102. The quantitative estimate of drug-likeness (QED) is 0.724. The smallest absolute Gasteiger partial charge is 0.257 e. The van der Waals surface area contributed by atoms with E-state index in [9.17, 15) is 9.90 Å². The number of hydrogen-bond acceptors (Lipinski definition) is 4. The fraction of sp³-hybridized carbons (Fsp3) is 0.0625. The van der Waals surface area contributed by atoms with E-state index < -0.39 is 5.91 Å². The lowest BCUT2D eigenvalue weighted by atomic mass is 10.1. The predicted molar refractivity (Wildman–Crippen MR) is 87.2 cm³/mol. The highest BCUT2D eigenvalue weighted by Crippen LogP contribution is 2.26. The third-order valence-electron chi connectivity index (χ3n) is 3.31. The van der Waals surface area contributed by atoms with Gasteiger partial charge in [-0.15, -0.1) is 10.2 Å². The Bertz CT molecular complexity index is 863. The van der Waals surface area contributed by atoms with Crippen molar-refractivity contribution in [2.45, 2.75) is 6.92 Å². The summed E-state index contributed by atoms with van der Waals surface area (Å²) in [6.07, 6.45) is 3.05. The maximum atomic E-state index is 12.4. The van der Waals surface area contributed by atoms with Crippen molar-refractivity contribution in [2.75, 3.05) is 5.32 Å². The first kappa shape index (κ1) is 15.1. The number of phenolic OH excluding ortho intramolecular Hbond substituents is 1. The second-order valence-corrected chi connectivity index (χ2v) is 5.42. The molecule has 1 heterocycles. The molecule has 6 nitrogen and oxygen atoms in total. The molecule has 23 heavy (non-hydrogen) atoms. The number of benzene rings is 2. The molecule has 116 valence electrons. The molecule has 0 unspecified atom stereocenters. The molecule has 2 N–H and O–H groups in total. The van der Waals surface area contributed by atoms with Gasteiger partial charge in [-0.05, 0) is 42.8 Å². The number of nitrogens with zero attached hydrogens (tertiary/aromatic N) is 3. The summed E-state index contributed by atoms with van der Waals surface area (Å²) in [4.78, 5) is 12.4. The first-order chi connectivity index (χ1) is 11.0. The Morgan fingerprint density at radius 2 is 1.91 bits per heavy atom. The molecule has 7 heteroatoms. The molecule has 0 radical (unpaired) electrons. The molecule has 0 fully saturated rings. The molecule has 0 spiro atoms. The van der Waals surface area contributed by atoms with Crippen molar-refractivity contribution in [1.82, 2.24) is 14.8 Å². The normalized spacial score (nSPS) is 10.5. The van der Waals surface area contributed by atoms with Crippen LogP contribution in [0.25, 0.3) is 5.69 Å². The van der Waals surface area contributed by atoms with Crippen LogP contribution in [0.5, 0.6) is 5.75 Å². The molecule has 0 saturated heterocycles. The van der Waals surface area contributed by atoms with Gasteiger partial charge in [-0.1, -0.05) is 17.7 Å². The summed E-state index contributed by atoms with van der Waals surface area (Å²) < 4.78 is 1.66. The summed E-state index contributed by atoms with van der Waals surface area (Å²) in [5.74, 6) is -0.409. The van der Waals surface area contributed by atoms with Crippen LogP contribution in [0.1, 0.15) is 15.9 Å². The Morgan fingerprint density at radius 1 is 1.17 bits per heavy atom. The molecule has 0 bridgehead atoms. The third-order valence-corrected chi connectivity index (χ3v) is 3.64. The molecule has 0 aliphatic carbocycles. The van der Waals surface area contributed by atoms with Crippen LogP contribution in [0, 0.1) is 6.92 Å². The Kier molecular flexibility index (Phi) is 3.99. The molecular formula is C16H13ClN4O2. The Balaban J connectivity index is 1.91. The summed E-state index contributed by atoms with van der Waals surface area (Å²) in [6.45, 7) is 1.85. The largest absolute Gasteiger partial charge is 0.506 e. The topological polar surface area (TPSA) is 80.0 Å². The van der Waals surface area contributed by atoms with Crippen LogP contribution < -0.4 is 5.32 Å². The molecular weight excluding hydrogens is 316 g/mol. The van der Waals surface area contributed by atoms with E-state index >= 15 is 0 Å². The zero-order valence-electron chi connectivity index (χ0n) is 12.2. The van der Waals surface area contributed by atoms with Crippen molar-refractivity contribution in [2.24, 2.45) is 0 Å². The molecule has 1 amide bonds. The second-order valence-electron chi connectivity index (χ2n) is 5.01. The third kappa shape index (κ3) is 3.17. The molecule has 0 aliphatic rings. The highest BCUT2D eigenvalue weighted by atomic mass is 35.5. The summed E-state index contributed by atoms with van der Waals surface area (Å²) in [7, 11) is 0. The summed E-state index contributed by atoms with van der Waals surface area (Å²) in [6, 6.07) is 10.0. The number of halogens is 1. The summed E-state index contributed by atoms with van der Waals surface area (Å²) >= 11 is 6.12. The van der Waals surface area contributed by atoms with Gasteiger partial charge in [0.15, 0.2) is 0 Å². The Hall–Kier alpha value is -2.86. The summed E-state index contributed by atoms with van der Waals surface area (Å²) in [5, 5.41) is 20.3. The molecule has 2 aromatic carbocycles. The van der Waals surface area contributed by atoms with E-state index in [0.717, 1.165) is 5.56 Å². The number of aromatic nitrogens is 3. The van der Waals surface area contributed by atoms with E-state index in [2.05, 4.69) is 15.5 Å². The van der Waals surface area contributed by atoms with Gasteiger partial charge in [0.2, 0.25) is 0 Å². The zero-order chi connectivity index (χ0) is 16.4. The molecule has 0 atom stereocenters. The minimum atomic E-state index is -0.413. The van der Waals surface area contributed by atoms with Crippen molar-refractivity contribution in [3.63, 3.8) is 0 Å². The Morgan fingerprint density at radius 3 is 2.61 bits per heavy atom. The highest BCUT2D eigenvalue weighted by Gasteiger charge is 2.14. The van der Waals surface area contributed by atoms with Crippen LogP contribution in [0.3, 0.4) is 0 Å². The van der Waals surface area contributed by atoms with Crippen LogP contribution in [-0.4, -0.2) is 25.8 Å². The van der Waals surface area contributed by atoms with Crippen LogP contribution in [0.2, 0.25) is 5.02 Å². The van der Waals surface area contributed by atoms with Crippen LogP contribution >= 0.6 is 11.6 Å². The average molecular weight is 329 g/mol. The van der Waals surface area contributed by atoms with Gasteiger partial charge in [0.1, 0.15) is 18.4 Å². The monoisotopic (exact) mass is 328 g/mol. The van der Waals surface area contributed by atoms with E-state index in [0.29, 0.717) is 16.4 Å². The van der Waals surface area contributed by atoms with Gasteiger partial charge in [-0.3, -0.25) is 9.36 Å². The van der Waals surface area contributed by atoms with Crippen molar-refractivity contribution in [3.8, 4) is 11.4 Å². The standard InChI is InChI=1S/C16H13ClN4O2/c1-10-2-5-14(15(22)6-10)20-16(23)12-7-11(3-4-13(12)17)21-8-18-19-9-21/h2-9,22H,1H3,(H,20,23). The van der Waals surface area contributed by atoms with Gasteiger partial charge in [-0.2, -0.15) is 0 Å². The van der Waals surface area contributed by atoms with Crippen molar-refractivity contribution >= 4 is 23.2 Å². The second kappa shape index (κ2) is 6.10. The SMILES string of the molecule is Cc1ccc(NC(=O)c2cc(-n3cnnc3)ccc2Cl)c(O)c1. The molecule has 0 aliphatic heterocycles. The van der Waals surface area contributed by atoms with E-state index in [1.54, 1.807) is 41.0 Å². The predicted octanol–water partition coefficient (Wildman–Crippen LogP) is 3.19. The number of phenols is 1. The first-order valence-electron chi connectivity index (χ1n) is 6.80. The van der Waals surface area contributed by atoms with Crippen LogP contribution in [0.4, 0.5) is 5.69 Å². The number of aryl methyl sites for hydroxylation is 1. The number of rotatable bonds is 3. The number of carbonyl (C=O) groups is 1. The molecule has 1 aromatic heterocycles. The maximum Gasteiger partial charge on any atom is 0.257 e. The lowest BCUT2D eigenvalue weighted by Crippen LogP contribution is -2.13. The highest BCUT2D eigenvalue weighted by molar-refractivity contribution is 6.34. The van der Waals surface area contributed by atoms with Crippen molar-refractivity contribution < 1.29 is 9.90 Å². The van der Waals surface area contributed by atoms with Gasteiger partial charge in [0.25, 0.3) is 5.91 Å². The molecule has 3 rings (SSSR count). The number of hydrogen-bond donors (Lipinski definition) is 2. The van der Waals surface area contributed by atoms with E-state index in [1.807, 2.05) is 6.92 Å². The fourth-order valence-electron chi connectivity index (χ4n) is 2.12. The van der Waals surface area contributed by atoms with Gasteiger partial charge < -0.3 is 10.4 Å². The van der Waals surface area contributed by atoms with Gasteiger partial charge in [0.05, 0.1) is 16.3 Å². The van der Waals surface area contributed by atoms with Crippen molar-refractivity contribution in [1.29, 1.82) is 0 Å². The number of aromatic hydroxyl groups is 1. The van der Waals surface area contributed by atoms with E-state index in [4.69, 9.17) is 11.6 Å². The van der Waals surface area contributed by atoms with E-state index in [1.165, 1.54) is 12.7 Å². The van der Waals surface area contributed by atoms with Gasteiger partial charge in [-0.25, -0.2) is 0 Å². The minimum Gasteiger partial charge on any atom is -0.506 e. The summed E-state index contributed by atoms with van der Waals surface area (Å²) in [5.41, 5.74) is 2.22. The van der Waals surface area contributed by atoms with E-state index in [-0.39, 0.29) is 11.3 Å². The molecule has 3 aromatic rings. The van der Waals surface area contributed by atoms with Gasteiger partial charge >= 0.3 is 0 Å². The zero-order valence-corrected chi connectivity index (χ0v) is 12.9. The molecule has 0 saturated carbocycles. The minimum absolute atomic E-state index is 0.00411.